The molecule has 0 radical (unpaired) electrons. The molecule has 0 saturated heterocycles. The van der Waals surface area contributed by atoms with E-state index in [-0.39, 0.29) is 5.91 Å². The van der Waals surface area contributed by atoms with Gasteiger partial charge in [0.1, 0.15) is 11.5 Å². The van der Waals surface area contributed by atoms with Crippen molar-refractivity contribution in [3.8, 4) is 11.5 Å². The Morgan fingerprint density at radius 1 is 0.920 bits per heavy atom. The quantitative estimate of drug-likeness (QED) is 0.583. The molecule has 0 bridgehead atoms. The van der Waals surface area contributed by atoms with Crippen molar-refractivity contribution in [2.24, 2.45) is 5.10 Å². The zero-order valence-electron chi connectivity index (χ0n) is 14.9. The molecule has 1 amide bonds. The van der Waals surface area contributed by atoms with Crippen LogP contribution < -0.4 is 14.9 Å². The van der Waals surface area contributed by atoms with E-state index in [2.05, 4.69) is 10.5 Å². The lowest BCUT2D eigenvalue weighted by Gasteiger charge is -2.07. The van der Waals surface area contributed by atoms with Gasteiger partial charge in [-0.3, -0.25) is 4.79 Å². The number of hydrogen-bond acceptors (Lipinski definition) is 4. The summed E-state index contributed by atoms with van der Waals surface area (Å²) in [5.74, 6) is 1.31. The Morgan fingerprint density at radius 2 is 1.48 bits per heavy atom. The second-order valence-electron chi connectivity index (χ2n) is 5.47. The Hall–Kier alpha value is -2.82. The minimum atomic E-state index is -0.257. The molecule has 0 unspecified atom stereocenters. The van der Waals surface area contributed by atoms with Crippen LogP contribution >= 0.6 is 0 Å². The molecule has 0 fully saturated rings. The van der Waals surface area contributed by atoms with Crippen LogP contribution in [0.1, 0.15) is 43.1 Å². The monoisotopic (exact) mass is 340 g/mol. The molecule has 25 heavy (non-hydrogen) atoms. The molecule has 0 atom stereocenters. The number of benzene rings is 2. The lowest BCUT2D eigenvalue weighted by molar-refractivity contribution is 0.0955. The maximum atomic E-state index is 12.2. The van der Waals surface area contributed by atoms with Gasteiger partial charge in [-0.05, 0) is 74.4 Å². The molecule has 0 aliphatic carbocycles. The molecular weight excluding hydrogens is 316 g/mol. The smallest absolute Gasteiger partial charge is 0.271 e. The van der Waals surface area contributed by atoms with Crippen LogP contribution in [0.5, 0.6) is 11.5 Å². The number of hydrazone groups is 1. The van der Waals surface area contributed by atoms with Gasteiger partial charge >= 0.3 is 0 Å². The summed E-state index contributed by atoms with van der Waals surface area (Å²) in [5, 5.41) is 4.16. The largest absolute Gasteiger partial charge is 0.494 e. The van der Waals surface area contributed by atoms with Crippen molar-refractivity contribution in [1.29, 1.82) is 0 Å². The molecular formula is C20H24N2O3. The first-order valence-electron chi connectivity index (χ1n) is 8.44. The van der Waals surface area contributed by atoms with Crippen molar-refractivity contribution in [3.05, 3.63) is 59.7 Å². The third-order valence-electron chi connectivity index (χ3n) is 3.50. The third kappa shape index (κ3) is 5.64. The molecule has 5 heteroatoms. The molecule has 132 valence electrons. The summed E-state index contributed by atoms with van der Waals surface area (Å²) in [7, 11) is 0. The van der Waals surface area contributed by atoms with E-state index in [0.717, 1.165) is 29.2 Å². The van der Waals surface area contributed by atoms with Crippen molar-refractivity contribution in [1.82, 2.24) is 5.43 Å². The van der Waals surface area contributed by atoms with Crippen LogP contribution in [0.3, 0.4) is 0 Å². The molecule has 0 heterocycles. The Labute approximate surface area is 148 Å². The number of ether oxygens (including phenoxy) is 2. The van der Waals surface area contributed by atoms with Gasteiger partial charge in [0, 0.05) is 5.56 Å². The zero-order chi connectivity index (χ0) is 18.1. The Kier molecular flexibility index (Phi) is 7.01. The summed E-state index contributed by atoms with van der Waals surface area (Å²) >= 11 is 0. The predicted molar refractivity (Wildman–Crippen MR) is 99.5 cm³/mol. The normalized spacial score (nSPS) is 11.1. The summed E-state index contributed by atoms with van der Waals surface area (Å²) in [6.07, 6.45) is 0.946. The minimum Gasteiger partial charge on any atom is -0.494 e. The van der Waals surface area contributed by atoms with Crippen molar-refractivity contribution in [2.75, 3.05) is 13.2 Å². The molecule has 0 spiro atoms. The minimum absolute atomic E-state index is 0.257. The van der Waals surface area contributed by atoms with E-state index in [1.54, 1.807) is 24.3 Å². The van der Waals surface area contributed by atoms with Gasteiger partial charge in [-0.1, -0.05) is 6.92 Å². The van der Waals surface area contributed by atoms with Crippen LogP contribution in [0.15, 0.2) is 53.6 Å². The highest BCUT2D eigenvalue weighted by Crippen LogP contribution is 2.14. The van der Waals surface area contributed by atoms with Gasteiger partial charge < -0.3 is 9.47 Å². The number of nitrogens with zero attached hydrogens (tertiary/aromatic N) is 1. The van der Waals surface area contributed by atoms with Gasteiger partial charge in [-0.15, -0.1) is 0 Å². The van der Waals surface area contributed by atoms with E-state index in [9.17, 15) is 4.79 Å². The van der Waals surface area contributed by atoms with Gasteiger partial charge in [0.2, 0.25) is 0 Å². The van der Waals surface area contributed by atoms with Crippen LogP contribution in [0.4, 0.5) is 0 Å². The maximum absolute atomic E-state index is 12.2. The Balaban J connectivity index is 1.96. The highest BCUT2D eigenvalue weighted by molar-refractivity contribution is 6.00. The van der Waals surface area contributed by atoms with Crippen molar-refractivity contribution < 1.29 is 14.3 Å². The topological polar surface area (TPSA) is 59.9 Å². The Morgan fingerprint density at radius 3 is 2.04 bits per heavy atom. The van der Waals surface area contributed by atoms with E-state index < -0.39 is 0 Å². The van der Waals surface area contributed by atoms with Crippen molar-refractivity contribution in [3.63, 3.8) is 0 Å². The van der Waals surface area contributed by atoms with E-state index in [1.807, 2.05) is 45.0 Å². The van der Waals surface area contributed by atoms with Gasteiger partial charge in [0.25, 0.3) is 5.91 Å². The first kappa shape index (κ1) is 18.5. The summed E-state index contributed by atoms with van der Waals surface area (Å²) < 4.78 is 10.9. The lowest BCUT2D eigenvalue weighted by Crippen LogP contribution is -2.19. The molecule has 1 N–H and O–H groups in total. The molecule has 2 aromatic carbocycles. The highest BCUT2D eigenvalue weighted by atomic mass is 16.5. The number of amides is 1. The molecule has 2 aromatic rings. The van der Waals surface area contributed by atoms with Crippen LogP contribution in [0.2, 0.25) is 0 Å². The average molecular weight is 340 g/mol. The predicted octanol–water partition coefficient (Wildman–Crippen LogP) is 4.03. The lowest BCUT2D eigenvalue weighted by atomic mass is 10.1. The summed E-state index contributed by atoms with van der Waals surface area (Å²) in [5.41, 5.74) is 4.76. The third-order valence-corrected chi connectivity index (χ3v) is 3.50. The highest BCUT2D eigenvalue weighted by Gasteiger charge is 2.05. The molecule has 0 aliphatic heterocycles. The fourth-order valence-electron chi connectivity index (χ4n) is 2.15. The van der Waals surface area contributed by atoms with Crippen molar-refractivity contribution in [2.45, 2.75) is 27.2 Å². The molecule has 5 nitrogen and oxygen atoms in total. The van der Waals surface area contributed by atoms with Crippen LogP contribution in [-0.2, 0) is 0 Å². The molecule has 0 aromatic heterocycles. The maximum Gasteiger partial charge on any atom is 0.271 e. The van der Waals surface area contributed by atoms with E-state index in [4.69, 9.17) is 9.47 Å². The number of carbonyl (C=O) groups excluding carboxylic acids is 1. The van der Waals surface area contributed by atoms with Crippen molar-refractivity contribution >= 4 is 11.6 Å². The van der Waals surface area contributed by atoms with E-state index in [1.165, 1.54) is 0 Å². The van der Waals surface area contributed by atoms with Gasteiger partial charge in [-0.25, -0.2) is 5.43 Å². The van der Waals surface area contributed by atoms with Crippen LogP contribution in [0, 0.1) is 0 Å². The molecule has 0 aliphatic rings. The van der Waals surface area contributed by atoms with Gasteiger partial charge in [0.15, 0.2) is 0 Å². The number of hydrogen-bond donors (Lipinski definition) is 1. The van der Waals surface area contributed by atoms with Crippen LogP contribution in [-0.4, -0.2) is 24.8 Å². The fraction of sp³-hybridized carbons (Fsp3) is 0.300. The van der Waals surface area contributed by atoms with Gasteiger partial charge in [-0.2, -0.15) is 5.10 Å². The SMILES string of the molecule is CCCOc1ccc(C(=O)N/N=C(\C)c2ccc(OCC)cc2)cc1. The second-order valence-corrected chi connectivity index (χ2v) is 5.47. The molecule has 0 saturated carbocycles. The van der Waals surface area contributed by atoms with E-state index >= 15 is 0 Å². The first-order chi connectivity index (χ1) is 12.1. The Bertz CT molecular complexity index is 707. The van der Waals surface area contributed by atoms with E-state index in [0.29, 0.717) is 18.8 Å². The fourth-order valence-corrected chi connectivity index (χ4v) is 2.15. The number of carbonyl (C=O) groups is 1. The zero-order valence-corrected chi connectivity index (χ0v) is 14.9. The summed E-state index contributed by atoms with van der Waals surface area (Å²) in [4.78, 5) is 12.2. The number of nitrogens with one attached hydrogen (secondary N) is 1. The summed E-state index contributed by atoms with van der Waals surface area (Å²) in [6.45, 7) is 7.13. The second kappa shape index (κ2) is 9.47. The first-order valence-corrected chi connectivity index (χ1v) is 8.44. The average Bonchev–Trinajstić information content (AvgIpc) is 2.65. The van der Waals surface area contributed by atoms with Gasteiger partial charge in [0.05, 0.1) is 18.9 Å². The number of rotatable bonds is 8. The standard InChI is InChI=1S/C20H24N2O3/c1-4-14-25-19-12-8-17(9-13-19)20(23)22-21-15(3)16-6-10-18(11-7-16)24-5-2/h6-13H,4-5,14H2,1-3H3,(H,22,23)/b21-15+. The van der Waals surface area contributed by atoms with Crippen LogP contribution in [0.25, 0.3) is 0 Å². The summed E-state index contributed by atoms with van der Waals surface area (Å²) in [6, 6.07) is 14.6. The molecule has 2 rings (SSSR count).